The van der Waals surface area contributed by atoms with Gasteiger partial charge in [0.2, 0.25) is 17.7 Å². The van der Waals surface area contributed by atoms with Crippen LogP contribution in [0.25, 0.3) is 11.0 Å². The van der Waals surface area contributed by atoms with E-state index >= 15 is 0 Å². The number of rotatable bonds is 11. The van der Waals surface area contributed by atoms with E-state index in [1.165, 1.54) is 0 Å². The number of para-hydroxylation sites is 1. The van der Waals surface area contributed by atoms with Gasteiger partial charge in [-0.3, -0.25) is 19.2 Å². The summed E-state index contributed by atoms with van der Waals surface area (Å²) in [7, 11) is 1.68. The third-order valence-electron chi connectivity index (χ3n) is 7.55. The smallest absolute Gasteiger partial charge is 0.287 e. The van der Waals surface area contributed by atoms with Crippen LogP contribution in [0.2, 0.25) is 0 Å². The van der Waals surface area contributed by atoms with E-state index in [1.807, 2.05) is 72.8 Å². The molecule has 0 bridgehead atoms. The molecule has 0 saturated carbocycles. The standard InChI is InChI=1S/C34H36N4O6/c1-37(23-25-12-6-3-7-13-25)34(42)28(20-24-10-4-2-5-11-24)36-32(40)27(22-31(39)38-16-18-43-19-17-38)35-33(41)30-21-26-14-8-9-15-29(26)44-30/h2-15,21,27-28H,16-20,22-23H2,1H3,(H,35,41)(H,36,40)/t27-,28-/m0/s1. The average molecular weight is 597 g/mol. The molecule has 3 aromatic carbocycles. The van der Waals surface area contributed by atoms with Gasteiger partial charge in [-0.05, 0) is 23.3 Å². The normalized spacial score (nSPS) is 14.4. The van der Waals surface area contributed by atoms with Crippen LogP contribution in [0.15, 0.2) is 95.4 Å². The van der Waals surface area contributed by atoms with Crippen molar-refractivity contribution in [3.8, 4) is 0 Å². The predicted octanol–water partition coefficient (Wildman–Crippen LogP) is 3.17. The van der Waals surface area contributed by atoms with Crippen molar-refractivity contribution in [3.63, 3.8) is 0 Å². The first kappa shape index (κ1) is 30.5. The van der Waals surface area contributed by atoms with Crippen LogP contribution in [0.4, 0.5) is 0 Å². The maximum Gasteiger partial charge on any atom is 0.287 e. The molecule has 1 aliphatic heterocycles. The van der Waals surface area contributed by atoms with Gasteiger partial charge in [0.05, 0.1) is 19.6 Å². The molecule has 4 aromatic rings. The molecule has 4 amide bonds. The summed E-state index contributed by atoms with van der Waals surface area (Å²) in [4.78, 5) is 57.3. The third kappa shape index (κ3) is 7.90. The molecule has 2 heterocycles. The van der Waals surface area contributed by atoms with Gasteiger partial charge in [-0.15, -0.1) is 0 Å². The summed E-state index contributed by atoms with van der Waals surface area (Å²) in [6.07, 6.45) is -0.0594. The molecule has 1 fully saturated rings. The molecule has 2 N–H and O–H groups in total. The van der Waals surface area contributed by atoms with Crippen molar-refractivity contribution in [2.24, 2.45) is 0 Å². The van der Waals surface area contributed by atoms with Crippen molar-refractivity contribution in [3.05, 3.63) is 108 Å². The van der Waals surface area contributed by atoms with Gasteiger partial charge in [-0.1, -0.05) is 78.9 Å². The lowest BCUT2D eigenvalue weighted by molar-refractivity contribution is -0.139. The van der Waals surface area contributed by atoms with Crippen LogP contribution < -0.4 is 10.6 Å². The van der Waals surface area contributed by atoms with Gasteiger partial charge in [0, 0.05) is 38.5 Å². The zero-order valence-corrected chi connectivity index (χ0v) is 24.6. The minimum Gasteiger partial charge on any atom is -0.451 e. The second-order valence-corrected chi connectivity index (χ2v) is 10.8. The largest absolute Gasteiger partial charge is 0.451 e. The van der Waals surface area contributed by atoms with Crippen molar-refractivity contribution >= 4 is 34.6 Å². The number of furan rings is 1. The monoisotopic (exact) mass is 596 g/mol. The Bertz CT molecular complexity index is 1550. The fourth-order valence-electron chi connectivity index (χ4n) is 5.17. The van der Waals surface area contributed by atoms with Crippen molar-refractivity contribution in [2.75, 3.05) is 33.4 Å². The maximum atomic E-state index is 13.9. The number of hydrogen-bond acceptors (Lipinski definition) is 6. The number of hydrogen-bond donors (Lipinski definition) is 2. The summed E-state index contributed by atoms with van der Waals surface area (Å²) in [5, 5.41) is 6.28. The van der Waals surface area contributed by atoms with Crippen molar-refractivity contribution in [1.29, 1.82) is 0 Å². The van der Waals surface area contributed by atoms with E-state index in [2.05, 4.69) is 10.6 Å². The Morgan fingerprint density at radius 3 is 2.14 bits per heavy atom. The zero-order valence-electron chi connectivity index (χ0n) is 24.6. The van der Waals surface area contributed by atoms with Gasteiger partial charge in [-0.2, -0.15) is 0 Å². The Labute approximate surface area is 256 Å². The minimum absolute atomic E-state index is 0.0160. The molecule has 0 unspecified atom stereocenters. The van der Waals surface area contributed by atoms with E-state index in [4.69, 9.17) is 9.15 Å². The fourth-order valence-corrected chi connectivity index (χ4v) is 5.17. The molecular formula is C34H36N4O6. The number of ether oxygens (including phenoxy) is 1. The second-order valence-electron chi connectivity index (χ2n) is 10.8. The molecule has 1 saturated heterocycles. The quantitative estimate of drug-likeness (QED) is 0.275. The summed E-state index contributed by atoms with van der Waals surface area (Å²) in [5.74, 6) is -1.86. The third-order valence-corrected chi connectivity index (χ3v) is 7.55. The first-order valence-corrected chi connectivity index (χ1v) is 14.7. The van der Waals surface area contributed by atoms with E-state index in [9.17, 15) is 19.2 Å². The number of nitrogens with zero attached hydrogens (tertiary/aromatic N) is 2. The van der Waals surface area contributed by atoms with Gasteiger partial charge in [-0.25, -0.2) is 0 Å². The van der Waals surface area contributed by atoms with E-state index in [1.54, 1.807) is 35.0 Å². The van der Waals surface area contributed by atoms with Crippen molar-refractivity contribution < 1.29 is 28.3 Å². The lowest BCUT2D eigenvalue weighted by Gasteiger charge is -2.29. The first-order chi connectivity index (χ1) is 21.4. The number of likely N-dealkylation sites (N-methyl/N-ethyl adjacent to an activating group) is 1. The number of benzene rings is 3. The fraction of sp³-hybridized carbons (Fsp3) is 0.294. The highest BCUT2D eigenvalue weighted by Crippen LogP contribution is 2.19. The molecule has 1 aliphatic rings. The number of carbonyl (C=O) groups is 4. The van der Waals surface area contributed by atoms with E-state index < -0.39 is 23.9 Å². The van der Waals surface area contributed by atoms with Gasteiger partial charge in [0.15, 0.2) is 5.76 Å². The highest BCUT2D eigenvalue weighted by Gasteiger charge is 2.32. The SMILES string of the molecule is CN(Cc1ccccc1)C(=O)[C@H](Cc1ccccc1)NC(=O)[C@H](CC(=O)N1CCOCC1)NC(=O)c1cc2ccccc2o1. The topological polar surface area (TPSA) is 121 Å². The van der Waals surface area contributed by atoms with Crippen LogP contribution in [0, 0.1) is 0 Å². The molecule has 44 heavy (non-hydrogen) atoms. The molecule has 0 aliphatic carbocycles. The molecule has 10 nitrogen and oxygen atoms in total. The number of amides is 4. The summed E-state index contributed by atoms with van der Waals surface area (Å²) in [5.41, 5.74) is 2.32. The van der Waals surface area contributed by atoms with Crippen molar-refractivity contribution in [1.82, 2.24) is 20.4 Å². The zero-order chi connectivity index (χ0) is 30.9. The molecule has 0 spiro atoms. The van der Waals surface area contributed by atoms with Crippen LogP contribution in [-0.2, 0) is 32.1 Å². The Balaban J connectivity index is 1.37. The Kier molecular flexibility index (Phi) is 10.0. The van der Waals surface area contributed by atoms with Gasteiger partial charge in [0.1, 0.15) is 17.7 Å². The van der Waals surface area contributed by atoms with Crippen LogP contribution >= 0.6 is 0 Å². The van der Waals surface area contributed by atoms with E-state index in [0.717, 1.165) is 16.5 Å². The Hall–Kier alpha value is -4.96. The van der Waals surface area contributed by atoms with Gasteiger partial charge in [0.25, 0.3) is 5.91 Å². The summed E-state index contributed by atoms with van der Waals surface area (Å²) in [6.45, 7) is 1.93. The Morgan fingerprint density at radius 2 is 1.45 bits per heavy atom. The van der Waals surface area contributed by atoms with Crippen molar-refractivity contribution in [2.45, 2.75) is 31.5 Å². The molecule has 0 radical (unpaired) electrons. The highest BCUT2D eigenvalue weighted by atomic mass is 16.5. The molecule has 2 atom stereocenters. The molecular weight excluding hydrogens is 560 g/mol. The Morgan fingerprint density at radius 1 is 0.818 bits per heavy atom. The molecule has 10 heteroatoms. The molecule has 5 rings (SSSR count). The minimum atomic E-state index is -1.25. The van der Waals surface area contributed by atoms with Crippen LogP contribution in [0.1, 0.15) is 28.1 Å². The van der Waals surface area contributed by atoms with Gasteiger partial charge >= 0.3 is 0 Å². The second kappa shape index (κ2) is 14.5. The lowest BCUT2D eigenvalue weighted by atomic mass is 10.0. The number of nitrogens with one attached hydrogen (secondary N) is 2. The van der Waals surface area contributed by atoms with E-state index in [-0.39, 0.29) is 30.4 Å². The van der Waals surface area contributed by atoms with Gasteiger partial charge < -0.3 is 29.6 Å². The highest BCUT2D eigenvalue weighted by molar-refractivity contribution is 6.00. The average Bonchev–Trinajstić information content (AvgIpc) is 3.50. The van der Waals surface area contributed by atoms with E-state index in [0.29, 0.717) is 38.4 Å². The molecule has 1 aromatic heterocycles. The van der Waals surface area contributed by atoms with Crippen LogP contribution in [-0.4, -0.2) is 78.9 Å². The summed E-state index contributed by atoms with van der Waals surface area (Å²) >= 11 is 0. The predicted molar refractivity (Wildman–Crippen MR) is 164 cm³/mol. The molecule has 228 valence electrons. The van der Waals surface area contributed by atoms with Crippen LogP contribution in [0.3, 0.4) is 0 Å². The number of morpholine rings is 1. The summed E-state index contributed by atoms with van der Waals surface area (Å²) in [6, 6.07) is 25.5. The number of fused-ring (bicyclic) bond motifs is 1. The first-order valence-electron chi connectivity index (χ1n) is 14.7. The lowest BCUT2D eigenvalue weighted by Crippen LogP contribution is -2.56. The van der Waals surface area contributed by atoms with Crippen LogP contribution in [0.5, 0.6) is 0 Å². The maximum absolute atomic E-state index is 13.9. The summed E-state index contributed by atoms with van der Waals surface area (Å²) < 4.78 is 11.1. The number of carbonyl (C=O) groups excluding carboxylic acids is 4.